The third-order valence-electron chi connectivity index (χ3n) is 5.12. The summed E-state index contributed by atoms with van der Waals surface area (Å²) in [5, 5.41) is 0.727. The largest absolute Gasteiger partial charge is 0.495 e. The number of carbonyl (C=O) groups excluding carboxylic acids is 1. The Kier molecular flexibility index (Phi) is 6.55. The van der Waals surface area contributed by atoms with E-state index in [1.807, 2.05) is 31.1 Å². The van der Waals surface area contributed by atoms with Gasteiger partial charge in [0.1, 0.15) is 21.7 Å². The molecule has 27 heavy (non-hydrogen) atoms. The Morgan fingerprint density at radius 2 is 1.78 bits per heavy atom. The number of fused-ring (bicyclic) bond motifs is 1. The van der Waals surface area contributed by atoms with Gasteiger partial charge in [-0.1, -0.05) is 30.6 Å². The molecule has 3 rings (SSSR count). The van der Waals surface area contributed by atoms with Crippen molar-refractivity contribution >= 4 is 32.6 Å². The van der Waals surface area contributed by atoms with Crippen molar-refractivity contribution in [2.24, 2.45) is 5.92 Å². The van der Waals surface area contributed by atoms with Crippen molar-refractivity contribution in [3.63, 3.8) is 0 Å². The second kappa shape index (κ2) is 8.89. The lowest BCUT2D eigenvalue weighted by Gasteiger charge is -2.28. The number of hydrogen-bond donors (Lipinski definition) is 0. The summed E-state index contributed by atoms with van der Waals surface area (Å²) in [6.07, 6.45) is 5.47. The minimum Gasteiger partial charge on any atom is -0.495 e. The van der Waals surface area contributed by atoms with Crippen molar-refractivity contribution in [1.29, 1.82) is 0 Å². The molecule has 1 aliphatic rings. The lowest BCUT2D eigenvalue weighted by atomic mass is 9.88. The molecule has 0 bridgehead atoms. The summed E-state index contributed by atoms with van der Waals surface area (Å²) in [4.78, 5) is 22.1. The molecule has 0 unspecified atom stereocenters. The predicted molar refractivity (Wildman–Crippen MR) is 110 cm³/mol. The molecule has 148 valence electrons. The molecule has 1 heterocycles. The maximum absolute atomic E-state index is 13.3. The molecule has 7 heteroatoms. The Labute approximate surface area is 165 Å². The first kappa shape index (κ1) is 19.9. The number of rotatable bonds is 7. The monoisotopic (exact) mass is 391 g/mol. The van der Waals surface area contributed by atoms with Crippen LogP contribution < -0.4 is 14.4 Å². The average molecular weight is 392 g/mol. The van der Waals surface area contributed by atoms with E-state index >= 15 is 0 Å². The Morgan fingerprint density at radius 1 is 1.11 bits per heavy atom. The van der Waals surface area contributed by atoms with Gasteiger partial charge in [0, 0.05) is 19.0 Å². The second-order valence-electron chi connectivity index (χ2n) is 7.27. The summed E-state index contributed by atoms with van der Waals surface area (Å²) in [6.45, 7) is 1.43. The molecule has 0 saturated heterocycles. The smallest absolute Gasteiger partial charge is 0.231 e. The summed E-state index contributed by atoms with van der Waals surface area (Å²) in [5.41, 5.74) is 0.753. The molecule has 2 aromatic rings. The maximum Gasteiger partial charge on any atom is 0.231 e. The van der Waals surface area contributed by atoms with Crippen LogP contribution in [0.2, 0.25) is 0 Å². The van der Waals surface area contributed by atoms with Gasteiger partial charge in [0.2, 0.25) is 5.91 Å². The van der Waals surface area contributed by atoms with E-state index in [2.05, 4.69) is 4.90 Å². The SMILES string of the molecule is COc1ccc(OC)c2sc(N(CCN(C)C)C(=O)C3CCCCC3)nc12. The summed E-state index contributed by atoms with van der Waals surface area (Å²) >= 11 is 1.50. The number of anilines is 1. The fraction of sp³-hybridized carbons (Fsp3) is 0.600. The van der Waals surface area contributed by atoms with E-state index in [0.29, 0.717) is 12.3 Å². The molecule has 0 atom stereocenters. The van der Waals surface area contributed by atoms with E-state index in [1.165, 1.54) is 17.8 Å². The first-order valence-corrected chi connectivity index (χ1v) is 10.3. The van der Waals surface area contributed by atoms with Crippen LogP contribution in [0.4, 0.5) is 5.13 Å². The van der Waals surface area contributed by atoms with Gasteiger partial charge in [0.05, 0.1) is 14.2 Å². The van der Waals surface area contributed by atoms with Gasteiger partial charge >= 0.3 is 0 Å². The normalized spacial score (nSPS) is 15.3. The summed E-state index contributed by atoms with van der Waals surface area (Å²) in [7, 11) is 7.33. The van der Waals surface area contributed by atoms with Crippen molar-refractivity contribution in [1.82, 2.24) is 9.88 Å². The molecule has 1 fully saturated rings. The molecule has 1 amide bonds. The third kappa shape index (κ3) is 4.35. The van der Waals surface area contributed by atoms with Crippen LogP contribution in [0.3, 0.4) is 0 Å². The number of amides is 1. The number of carbonyl (C=O) groups is 1. The number of thiazole rings is 1. The predicted octanol–water partition coefficient (Wildman–Crippen LogP) is 3.79. The average Bonchev–Trinajstić information content (AvgIpc) is 3.12. The summed E-state index contributed by atoms with van der Waals surface area (Å²) in [5.74, 6) is 1.77. The zero-order chi connectivity index (χ0) is 19.4. The van der Waals surface area contributed by atoms with Gasteiger partial charge in [-0.05, 0) is 39.1 Å². The topological polar surface area (TPSA) is 54.9 Å². The standard InChI is InChI=1S/C20H29N3O3S/c1-22(2)12-13-23(19(24)14-8-6-5-7-9-14)20-21-17-15(25-3)10-11-16(26-4)18(17)27-20/h10-11,14H,5-9,12-13H2,1-4H3. The Hall–Kier alpha value is -1.86. The maximum atomic E-state index is 13.3. The van der Waals surface area contributed by atoms with Crippen LogP contribution in [-0.2, 0) is 4.79 Å². The number of nitrogens with zero attached hydrogens (tertiary/aromatic N) is 3. The van der Waals surface area contributed by atoms with Crippen molar-refractivity contribution < 1.29 is 14.3 Å². The zero-order valence-corrected chi connectivity index (χ0v) is 17.5. The second-order valence-corrected chi connectivity index (χ2v) is 8.25. The molecule has 0 N–H and O–H groups in total. The van der Waals surface area contributed by atoms with Crippen LogP contribution in [0.5, 0.6) is 11.5 Å². The Balaban J connectivity index is 1.98. The van der Waals surface area contributed by atoms with Crippen molar-refractivity contribution in [2.45, 2.75) is 32.1 Å². The Bertz CT molecular complexity index is 743. The van der Waals surface area contributed by atoms with Gasteiger partial charge in [0.15, 0.2) is 5.13 Å². The fourth-order valence-corrected chi connectivity index (χ4v) is 4.67. The zero-order valence-electron chi connectivity index (χ0n) is 16.7. The molecular formula is C20H29N3O3S. The van der Waals surface area contributed by atoms with Crippen LogP contribution in [0.15, 0.2) is 12.1 Å². The minimum atomic E-state index is 0.108. The van der Waals surface area contributed by atoms with Gasteiger partial charge in [-0.15, -0.1) is 0 Å². The highest BCUT2D eigenvalue weighted by atomic mass is 32.1. The van der Waals surface area contributed by atoms with Crippen LogP contribution in [0.1, 0.15) is 32.1 Å². The number of likely N-dealkylation sites (N-methyl/N-ethyl adjacent to an activating group) is 1. The third-order valence-corrected chi connectivity index (χ3v) is 6.21. The summed E-state index contributed by atoms with van der Waals surface area (Å²) < 4.78 is 11.9. The van der Waals surface area contributed by atoms with Crippen LogP contribution >= 0.6 is 11.3 Å². The lowest BCUT2D eigenvalue weighted by Crippen LogP contribution is -2.41. The molecule has 1 aliphatic carbocycles. The highest BCUT2D eigenvalue weighted by molar-refractivity contribution is 7.22. The van der Waals surface area contributed by atoms with E-state index in [0.717, 1.165) is 53.3 Å². The highest BCUT2D eigenvalue weighted by Crippen LogP contribution is 2.40. The van der Waals surface area contributed by atoms with Crippen LogP contribution in [-0.4, -0.2) is 57.2 Å². The van der Waals surface area contributed by atoms with E-state index in [9.17, 15) is 4.79 Å². The van der Waals surface area contributed by atoms with Gasteiger partial charge in [-0.3, -0.25) is 9.69 Å². The van der Waals surface area contributed by atoms with Gasteiger partial charge in [-0.2, -0.15) is 0 Å². The molecule has 0 aliphatic heterocycles. The number of benzene rings is 1. The van der Waals surface area contributed by atoms with Gasteiger partial charge in [-0.25, -0.2) is 4.98 Å². The molecule has 1 aromatic heterocycles. The number of ether oxygens (including phenoxy) is 2. The first-order valence-electron chi connectivity index (χ1n) is 9.52. The van der Waals surface area contributed by atoms with Gasteiger partial charge < -0.3 is 14.4 Å². The minimum absolute atomic E-state index is 0.108. The number of methoxy groups -OCH3 is 2. The van der Waals surface area contributed by atoms with Crippen molar-refractivity contribution in [3.05, 3.63) is 12.1 Å². The van der Waals surface area contributed by atoms with E-state index in [1.54, 1.807) is 14.2 Å². The van der Waals surface area contributed by atoms with E-state index < -0.39 is 0 Å². The van der Waals surface area contributed by atoms with Crippen molar-refractivity contribution in [2.75, 3.05) is 46.3 Å². The highest BCUT2D eigenvalue weighted by Gasteiger charge is 2.29. The first-order chi connectivity index (χ1) is 13.0. The van der Waals surface area contributed by atoms with Crippen LogP contribution in [0, 0.1) is 5.92 Å². The molecular weight excluding hydrogens is 362 g/mol. The fourth-order valence-electron chi connectivity index (χ4n) is 3.56. The lowest BCUT2D eigenvalue weighted by molar-refractivity contribution is -0.123. The molecule has 1 saturated carbocycles. The van der Waals surface area contributed by atoms with Crippen molar-refractivity contribution in [3.8, 4) is 11.5 Å². The number of aromatic nitrogens is 1. The molecule has 0 spiro atoms. The summed E-state index contributed by atoms with van der Waals surface area (Å²) in [6, 6.07) is 3.74. The van der Waals surface area contributed by atoms with Gasteiger partial charge in [0.25, 0.3) is 0 Å². The van der Waals surface area contributed by atoms with Crippen LogP contribution in [0.25, 0.3) is 10.2 Å². The quantitative estimate of drug-likeness (QED) is 0.719. The number of hydrogen-bond acceptors (Lipinski definition) is 6. The van der Waals surface area contributed by atoms with E-state index in [4.69, 9.17) is 14.5 Å². The molecule has 6 nitrogen and oxygen atoms in total. The molecule has 1 aromatic carbocycles. The molecule has 0 radical (unpaired) electrons. The Morgan fingerprint density at radius 3 is 2.41 bits per heavy atom. The van der Waals surface area contributed by atoms with E-state index in [-0.39, 0.29) is 11.8 Å².